The molecule has 3 aliphatic carbocycles. The lowest BCUT2D eigenvalue weighted by molar-refractivity contribution is -0.0180. The molecule has 2 heteroatoms. The number of aryl methyl sites for hydroxylation is 1. The summed E-state index contributed by atoms with van der Waals surface area (Å²) in [6.07, 6.45) is 7.47. The summed E-state index contributed by atoms with van der Waals surface area (Å²) in [5.74, 6) is 3.86. The van der Waals surface area contributed by atoms with Crippen LogP contribution in [0.25, 0.3) is 0 Å². The second-order valence-electron chi connectivity index (χ2n) is 8.45. The molecule has 6 atom stereocenters. The van der Waals surface area contributed by atoms with Crippen molar-refractivity contribution < 1.29 is 9.84 Å². The minimum Gasteiger partial charge on any atom is -0.497 e. The summed E-state index contributed by atoms with van der Waals surface area (Å²) >= 11 is 0. The molecule has 2 fully saturated rings. The highest BCUT2D eigenvalue weighted by molar-refractivity contribution is 5.40. The highest BCUT2D eigenvalue weighted by Gasteiger charge is 2.55. The van der Waals surface area contributed by atoms with E-state index in [0.29, 0.717) is 11.3 Å². The Kier molecular flexibility index (Phi) is 3.72. The maximum absolute atomic E-state index is 10.3. The van der Waals surface area contributed by atoms with Gasteiger partial charge in [0.2, 0.25) is 0 Å². The van der Waals surface area contributed by atoms with Crippen molar-refractivity contribution in [1.29, 1.82) is 0 Å². The van der Waals surface area contributed by atoms with Gasteiger partial charge in [-0.15, -0.1) is 0 Å². The van der Waals surface area contributed by atoms with Crippen molar-refractivity contribution in [3.05, 3.63) is 29.3 Å². The highest BCUT2D eigenvalue weighted by Crippen LogP contribution is 2.63. The zero-order valence-electron chi connectivity index (χ0n) is 14.7. The Labute approximate surface area is 140 Å². The Bertz CT molecular complexity index is 594. The van der Waals surface area contributed by atoms with Crippen LogP contribution >= 0.6 is 0 Å². The summed E-state index contributed by atoms with van der Waals surface area (Å²) in [5.41, 5.74) is 3.46. The van der Waals surface area contributed by atoms with Gasteiger partial charge in [-0.25, -0.2) is 0 Å². The van der Waals surface area contributed by atoms with Crippen LogP contribution in [0.5, 0.6) is 5.75 Å². The van der Waals surface area contributed by atoms with Crippen molar-refractivity contribution >= 4 is 0 Å². The van der Waals surface area contributed by atoms with Gasteiger partial charge in [0.15, 0.2) is 0 Å². The largest absolute Gasteiger partial charge is 0.497 e. The molecule has 0 amide bonds. The number of fused-ring (bicyclic) bond motifs is 5. The SMILES string of the molecule is COc1ccc2c(c1)CCC1C2CCC2(C)C(C(C)O)CCC12. The van der Waals surface area contributed by atoms with E-state index in [1.165, 1.54) is 44.1 Å². The van der Waals surface area contributed by atoms with Gasteiger partial charge >= 0.3 is 0 Å². The van der Waals surface area contributed by atoms with Crippen LogP contribution in [0.3, 0.4) is 0 Å². The van der Waals surface area contributed by atoms with E-state index >= 15 is 0 Å². The van der Waals surface area contributed by atoms with E-state index < -0.39 is 0 Å². The van der Waals surface area contributed by atoms with E-state index in [9.17, 15) is 5.11 Å². The van der Waals surface area contributed by atoms with E-state index in [2.05, 4.69) is 25.1 Å². The van der Waals surface area contributed by atoms with Gasteiger partial charge in [-0.1, -0.05) is 13.0 Å². The molecule has 0 aliphatic heterocycles. The van der Waals surface area contributed by atoms with Gasteiger partial charge < -0.3 is 9.84 Å². The van der Waals surface area contributed by atoms with Gasteiger partial charge in [0.05, 0.1) is 13.2 Å². The Morgan fingerprint density at radius 1 is 1.22 bits per heavy atom. The molecule has 0 radical (unpaired) electrons. The fourth-order valence-corrected chi connectivity index (χ4v) is 6.52. The van der Waals surface area contributed by atoms with E-state index in [4.69, 9.17) is 4.74 Å². The van der Waals surface area contributed by atoms with Crippen LogP contribution in [0, 0.1) is 23.2 Å². The Morgan fingerprint density at radius 2 is 2.04 bits per heavy atom. The average molecular weight is 314 g/mol. The summed E-state index contributed by atoms with van der Waals surface area (Å²) < 4.78 is 5.41. The van der Waals surface area contributed by atoms with Crippen molar-refractivity contribution in [2.24, 2.45) is 23.2 Å². The minimum atomic E-state index is -0.151. The lowest BCUT2D eigenvalue weighted by Gasteiger charge is -2.51. The predicted molar refractivity (Wildman–Crippen MR) is 92.8 cm³/mol. The van der Waals surface area contributed by atoms with Crippen LogP contribution in [0.1, 0.15) is 63.0 Å². The molecule has 0 heterocycles. The van der Waals surface area contributed by atoms with Crippen LogP contribution in [-0.4, -0.2) is 18.3 Å². The number of benzene rings is 1. The number of aliphatic hydroxyl groups is 1. The molecule has 126 valence electrons. The molecule has 0 aromatic heterocycles. The molecule has 0 saturated heterocycles. The van der Waals surface area contributed by atoms with Crippen LogP contribution in [0.4, 0.5) is 0 Å². The number of ether oxygens (including phenoxy) is 1. The number of hydrogen-bond donors (Lipinski definition) is 1. The lowest BCUT2D eigenvalue weighted by atomic mass is 9.54. The smallest absolute Gasteiger partial charge is 0.119 e. The predicted octanol–water partition coefficient (Wildman–Crippen LogP) is 4.55. The van der Waals surface area contributed by atoms with Gasteiger partial charge in [-0.05, 0) is 97.8 Å². The molecule has 1 N–H and O–H groups in total. The molecule has 3 aliphatic rings. The second kappa shape index (κ2) is 5.51. The zero-order valence-corrected chi connectivity index (χ0v) is 14.7. The Balaban J connectivity index is 1.65. The molecule has 1 aromatic carbocycles. The van der Waals surface area contributed by atoms with Crippen LogP contribution in [0.15, 0.2) is 18.2 Å². The molecule has 2 nitrogen and oxygen atoms in total. The normalized spacial score (nSPS) is 40.0. The van der Waals surface area contributed by atoms with Crippen molar-refractivity contribution in [3.8, 4) is 5.75 Å². The maximum Gasteiger partial charge on any atom is 0.119 e. The van der Waals surface area contributed by atoms with Gasteiger partial charge in [0.1, 0.15) is 5.75 Å². The van der Waals surface area contributed by atoms with Gasteiger partial charge in [0.25, 0.3) is 0 Å². The van der Waals surface area contributed by atoms with Crippen molar-refractivity contribution in [3.63, 3.8) is 0 Å². The molecule has 2 saturated carbocycles. The molecule has 0 bridgehead atoms. The van der Waals surface area contributed by atoms with Gasteiger partial charge in [-0.3, -0.25) is 0 Å². The van der Waals surface area contributed by atoms with E-state index in [-0.39, 0.29) is 6.10 Å². The fourth-order valence-electron chi connectivity index (χ4n) is 6.52. The van der Waals surface area contributed by atoms with E-state index in [1.807, 2.05) is 6.92 Å². The molecule has 1 aromatic rings. The van der Waals surface area contributed by atoms with Crippen LogP contribution in [-0.2, 0) is 6.42 Å². The first-order valence-electron chi connectivity index (χ1n) is 9.39. The minimum absolute atomic E-state index is 0.151. The molecule has 0 spiro atoms. The Hall–Kier alpha value is -1.02. The van der Waals surface area contributed by atoms with Gasteiger partial charge in [0, 0.05) is 0 Å². The highest BCUT2D eigenvalue weighted by atomic mass is 16.5. The second-order valence-corrected chi connectivity index (χ2v) is 8.45. The molecule has 23 heavy (non-hydrogen) atoms. The lowest BCUT2D eigenvalue weighted by Crippen LogP contribution is -2.44. The van der Waals surface area contributed by atoms with Crippen LogP contribution in [0.2, 0.25) is 0 Å². The summed E-state index contributed by atoms with van der Waals surface area (Å²) in [6, 6.07) is 6.73. The summed E-state index contributed by atoms with van der Waals surface area (Å²) in [5, 5.41) is 10.3. The third-order valence-corrected chi connectivity index (χ3v) is 7.59. The van der Waals surface area contributed by atoms with Crippen molar-refractivity contribution in [2.45, 2.75) is 64.4 Å². The fraction of sp³-hybridized carbons (Fsp3) is 0.714. The summed E-state index contributed by atoms with van der Waals surface area (Å²) in [6.45, 7) is 4.48. The molecular weight excluding hydrogens is 284 g/mol. The number of hydrogen-bond acceptors (Lipinski definition) is 2. The first-order valence-corrected chi connectivity index (χ1v) is 9.39. The first kappa shape index (κ1) is 15.5. The maximum atomic E-state index is 10.3. The average Bonchev–Trinajstić information content (AvgIpc) is 2.91. The van der Waals surface area contributed by atoms with E-state index in [1.54, 1.807) is 12.7 Å². The molecular formula is C21H30O2. The quantitative estimate of drug-likeness (QED) is 0.868. The van der Waals surface area contributed by atoms with Crippen molar-refractivity contribution in [1.82, 2.24) is 0 Å². The summed E-state index contributed by atoms with van der Waals surface area (Å²) in [4.78, 5) is 0. The zero-order chi connectivity index (χ0) is 16.2. The Morgan fingerprint density at radius 3 is 2.78 bits per heavy atom. The number of aliphatic hydroxyl groups excluding tert-OH is 1. The molecule has 4 rings (SSSR count). The summed E-state index contributed by atoms with van der Waals surface area (Å²) in [7, 11) is 1.76. The topological polar surface area (TPSA) is 29.5 Å². The molecule has 6 unspecified atom stereocenters. The number of methoxy groups -OCH3 is 1. The first-order chi connectivity index (χ1) is 11.0. The third kappa shape index (κ3) is 2.25. The van der Waals surface area contributed by atoms with Crippen molar-refractivity contribution in [2.75, 3.05) is 7.11 Å². The van der Waals surface area contributed by atoms with Crippen LogP contribution < -0.4 is 4.74 Å². The standard InChI is InChI=1S/C21H30O2/c1-13(22)19-8-9-20-18-6-4-14-12-15(23-3)5-7-16(14)17(18)10-11-21(19,20)2/h5,7,12-13,17-20,22H,4,6,8-11H2,1-3H3. The van der Waals surface area contributed by atoms with Gasteiger partial charge in [-0.2, -0.15) is 0 Å². The number of rotatable bonds is 2. The van der Waals surface area contributed by atoms with E-state index in [0.717, 1.165) is 23.5 Å². The third-order valence-electron chi connectivity index (χ3n) is 7.59. The monoisotopic (exact) mass is 314 g/mol.